The molecule has 7 rings (SSSR count). The first-order valence-corrected chi connectivity index (χ1v) is 25.2. The van der Waals surface area contributed by atoms with Gasteiger partial charge < -0.3 is 50.4 Å². The number of likely N-dealkylation sites (N-methyl/N-ethyl adjacent to an activating group) is 1. The molecule has 5 heterocycles. The number of hydrogen-bond donors (Lipinski definition) is 5. The summed E-state index contributed by atoms with van der Waals surface area (Å²) in [5.41, 5.74) is 0.974. The van der Waals surface area contributed by atoms with E-state index < -0.39 is 84.0 Å². The third-order valence-electron chi connectivity index (χ3n) is 12.9. The zero-order chi connectivity index (χ0) is 55.4. The maximum Gasteiger partial charge on any atom is 0.411 e. The van der Waals surface area contributed by atoms with Crippen molar-refractivity contribution < 1.29 is 57.5 Å². The van der Waals surface area contributed by atoms with Gasteiger partial charge in [-0.05, 0) is 57.7 Å². The molecule has 77 heavy (non-hydrogen) atoms. The molecule has 0 aliphatic carbocycles. The molecular weight excluding hydrogens is 997 g/mol. The summed E-state index contributed by atoms with van der Waals surface area (Å²) in [6.07, 6.45) is 4.69. The van der Waals surface area contributed by atoms with Crippen molar-refractivity contribution in [3.63, 3.8) is 0 Å². The Bertz CT molecular complexity index is 3080. The number of hydrogen-bond acceptors (Lipinski definition) is 15. The minimum atomic E-state index is -2.01. The molecule has 0 bridgehead atoms. The van der Waals surface area contributed by atoms with Crippen LogP contribution in [0.4, 0.5) is 4.79 Å². The fraction of sp³-hybridized carbons (Fsp3) is 0.407. The van der Waals surface area contributed by atoms with E-state index in [9.17, 15) is 47.9 Å². The topological polar surface area (TPSA) is 295 Å². The molecule has 0 unspecified atom stereocenters. The van der Waals surface area contributed by atoms with Gasteiger partial charge in [0.05, 0.1) is 54.9 Å². The molecule has 3 aliphatic heterocycles. The van der Waals surface area contributed by atoms with Crippen LogP contribution in [0.1, 0.15) is 87.6 Å². The molecule has 3 aliphatic rings. The highest BCUT2D eigenvalue weighted by molar-refractivity contribution is 6.12. The monoisotopic (exact) mass is 1060 g/mol. The second-order valence-corrected chi connectivity index (χ2v) is 19.6. The SMILES string of the molecule is CC[C@]1(OC(=O)N(C)CCNC(=O)CNC(=O)[C@H](Cc2ccccc2)NC(=O)CNC(=O)CNC(=O)CCCCCN2C(=O)C=CC2=O)C(=O)OCc2c1cc1n(c2=O)Cc2c-1nc1ccccc1c2/C=N/OC(C)(C)C. The third kappa shape index (κ3) is 13.8. The Labute approximate surface area is 443 Å². The zero-order valence-corrected chi connectivity index (χ0v) is 43.5. The van der Waals surface area contributed by atoms with Gasteiger partial charge in [0.1, 0.15) is 18.2 Å². The molecule has 406 valence electrons. The van der Waals surface area contributed by atoms with Gasteiger partial charge in [0.2, 0.25) is 35.1 Å². The Kier molecular flexibility index (Phi) is 18.0. The number of rotatable bonds is 23. The fourth-order valence-corrected chi connectivity index (χ4v) is 8.83. The normalized spacial score (nSPS) is 15.8. The van der Waals surface area contributed by atoms with Crippen molar-refractivity contribution in [3.8, 4) is 11.4 Å². The highest BCUT2D eigenvalue weighted by Crippen LogP contribution is 2.42. The summed E-state index contributed by atoms with van der Waals surface area (Å²) in [6, 6.07) is 16.7. The van der Waals surface area contributed by atoms with Crippen molar-refractivity contribution in [2.75, 3.05) is 46.3 Å². The maximum absolute atomic E-state index is 14.3. The molecule has 8 amide bonds. The summed E-state index contributed by atoms with van der Waals surface area (Å²) < 4.78 is 13.1. The number of nitrogens with one attached hydrogen (secondary N) is 5. The van der Waals surface area contributed by atoms with E-state index in [1.165, 1.54) is 19.2 Å². The zero-order valence-electron chi connectivity index (χ0n) is 43.5. The van der Waals surface area contributed by atoms with Crippen LogP contribution < -0.4 is 32.1 Å². The van der Waals surface area contributed by atoms with Crippen molar-refractivity contribution in [1.82, 2.24) is 45.9 Å². The number of carbonyl (C=O) groups excluding carboxylic acids is 9. The number of benzene rings is 2. The van der Waals surface area contributed by atoms with E-state index in [4.69, 9.17) is 19.3 Å². The van der Waals surface area contributed by atoms with Crippen LogP contribution in [0.3, 0.4) is 0 Å². The number of esters is 1. The van der Waals surface area contributed by atoms with Gasteiger partial charge in [0.15, 0.2) is 0 Å². The maximum atomic E-state index is 14.3. The smallest absolute Gasteiger partial charge is 0.411 e. The van der Waals surface area contributed by atoms with Gasteiger partial charge in [-0.15, -0.1) is 0 Å². The Morgan fingerprint density at radius 2 is 1.52 bits per heavy atom. The van der Waals surface area contributed by atoms with Gasteiger partial charge in [-0.1, -0.05) is 67.0 Å². The second-order valence-electron chi connectivity index (χ2n) is 19.6. The number of fused-ring (bicyclic) bond motifs is 5. The van der Waals surface area contributed by atoms with E-state index in [-0.39, 0.29) is 75.0 Å². The van der Waals surface area contributed by atoms with Crippen LogP contribution in [0.5, 0.6) is 0 Å². The molecule has 0 saturated carbocycles. The number of aromatic nitrogens is 2. The van der Waals surface area contributed by atoms with E-state index in [0.29, 0.717) is 52.9 Å². The van der Waals surface area contributed by atoms with Crippen LogP contribution in [0.25, 0.3) is 22.3 Å². The van der Waals surface area contributed by atoms with E-state index in [1.54, 1.807) is 54.1 Å². The second kappa shape index (κ2) is 24.7. The van der Waals surface area contributed by atoms with Gasteiger partial charge in [-0.2, -0.15) is 0 Å². The lowest BCUT2D eigenvalue weighted by Crippen LogP contribution is -2.52. The largest absolute Gasteiger partial charge is 0.457 e. The quantitative estimate of drug-likeness (QED) is 0.0206. The number of cyclic esters (lactones) is 1. The minimum absolute atomic E-state index is 0.0402. The molecule has 4 aromatic rings. The molecule has 2 atom stereocenters. The highest BCUT2D eigenvalue weighted by atomic mass is 16.6. The number of pyridine rings is 2. The molecule has 5 N–H and O–H groups in total. The first kappa shape index (κ1) is 56.0. The van der Waals surface area contributed by atoms with Gasteiger partial charge >= 0.3 is 12.1 Å². The van der Waals surface area contributed by atoms with Gasteiger partial charge in [0.25, 0.3) is 17.4 Å². The molecule has 23 nitrogen and oxygen atoms in total. The van der Waals surface area contributed by atoms with E-state index in [1.807, 2.05) is 45.0 Å². The first-order valence-electron chi connectivity index (χ1n) is 25.2. The van der Waals surface area contributed by atoms with E-state index >= 15 is 0 Å². The number of para-hydroxylation sites is 1. The summed E-state index contributed by atoms with van der Waals surface area (Å²) in [6.45, 7) is 5.66. The average Bonchev–Trinajstić information content (AvgIpc) is 4.18. The van der Waals surface area contributed by atoms with Crippen molar-refractivity contribution >= 4 is 70.5 Å². The Hall–Kier alpha value is -8.76. The summed E-state index contributed by atoms with van der Waals surface area (Å²) >= 11 is 0. The van der Waals surface area contributed by atoms with Crippen LogP contribution in [-0.4, -0.2) is 137 Å². The van der Waals surface area contributed by atoms with Crippen molar-refractivity contribution in [3.05, 3.63) is 111 Å². The molecule has 2 aromatic carbocycles. The van der Waals surface area contributed by atoms with Crippen molar-refractivity contribution in [2.45, 2.75) is 96.6 Å². The molecule has 2 aromatic heterocycles. The predicted octanol–water partition coefficient (Wildman–Crippen LogP) is 1.98. The molecule has 0 fully saturated rings. The summed E-state index contributed by atoms with van der Waals surface area (Å²) in [5.74, 6) is -4.69. The minimum Gasteiger partial charge on any atom is -0.457 e. The molecule has 0 radical (unpaired) electrons. The number of nitrogens with zero attached hydrogens (tertiary/aromatic N) is 5. The summed E-state index contributed by atoms with van der Waals surface area (Å²) in [4.78, 5) is 142. The summed E-state index contributed by atoms with van der Waals surface area (Å²) in [5, 5.41) is 17.6. The number of imide groups is 1. The number of amides is 8. The van der Waals surface area contributed by atoms with Crippen LogP contribution >= 0.6 is 0 Å². The molecule has 0 saturated heterocycles. The summed E-state index contributed by atoms with van der Waals surface area (Å²) in [7, 11) is 1.40. The number of unbranched alkanes of at least 4 members (excludes halogenated alkanes) is 2. The average molecular weight is 1060 g/mol. The standard InChI is InChI=1S/C54H62N10O13/c1-6-54(38-26-41-48-36(31-64(41)50(72)37(38)32-75-51(54)73)35(27-59-77-53(2,3)4)34-17-12-13-18-39(34)61-48)76-52(74)62(5)24-22-55-43(66)29-58-49(71)40(25-33-15-9-7-10-16-33)60-45(68)30-57-44(67)28-56-42(65)19-11-8-14-23-63-46(69)20-21-47(63)70/h7,9-10,12-13,15-18,20-21,26-27,40H,6,8,11,14,19,22-25,28-32H2,1-5H3,(H,55,66)(H,56,65)(H,57,67)(H,58,71)(H,60,68)/b59-27+/t40-,54+/m0/s1. The Morgan fingerprint density at radius 3 is 2.25 bits per heavy atom. The lowest BCUT2D eigenvalue weighted by Gasteiger charge is -2.36. The van der Waals surface area contributed by atoms with Crippen LogP contribution in [-0.2, 0) is 77.8 Å². The molecule has 23 heteroatoms. The van der Waals surface area contributed by atoms with E-state index in [0.717, 1.165) is 15.2 Å². The van der Waals surface area contributed by atoms with Crippen LogP contribution in [0.15, 0.2) is 82.8 Å². The number of ether oxygens (including phenoxy) is 2. The van der Waals surface area contributed by atoms with Crippen LogP contribution in [0.2, 0.25) is 0 Å². The number of oxime groups is 1. The first-order chi connectivity index (χ1) is 36.8. The van der Waals surface area contributed by atoms with Crippen molar-refractivity contribution in [2.24, 2.45) is 5.16 Å². The lowest BCUT2D eigenvalue weighted by atomic mass is 9.85. The van der Waals surface area contributed by atoms with Gasteiger partial charge in [0, 0.05) is 73.8 Å². The molecule has 0 spiro atoms. The number of carbonyl (C=O) groups is 9. The Balaban J connectivity index is 0.898. The Morgan fingerprint density at radius 1 is 0.844 bits per heavy atom. The highest BCUT2D eigenvalue weighted by Gasteiger charge is 2.51. The van der Waals surface area contributed by atoms with Gasteiger partial charge in [-0.3, -0.25) is 43.3 Å². The third-order valence-corrected chi connectivity index (χ3v) is 12.9. The lowest BCUT2D eigenvalue weighted by molar-refractivity contribution is -0.173. The fourth-order valence-electron chi connectivity index (χ4n) is 8.83. The van der Waals surface area contributed by atoms with Crippen LogP contribution in [0, 0.1) is 0 Å². The predicted molar refractivity (Wildman–Crippen MR) is 278 cm³/mol. The molecular formula is C54H62N10O13. The van der Waals surface area contributed by atoms with E-state index in [2.05, 4.69) is 31.7 Å². The van der Waals surface area contributed by atoms with Gasteiger partial charge in [-0.25, -0.2) is 14.6 Å². The van der Waals surface area contributed by atoms with Crippen molar-refractivity contribution in [1.29, 1.82) is 0 Å².